The van der Waals surface area contributed by atoms with Crippen LogP contribution in [0.4, 0.5) is 0 Å². The van der Waals surface area contributed by atoms with Crippen molar-refractivity contribution in [1.82, 2.24) is 10.6 Å². The zero-order chi connectivity index (χ0) is 12.9. The molecule has 0 aromatic carbocycles. The van der Waals surface area contributed by atoms with Crippen molar-refractivity contribution < 1.29 is 0 Å². The van der Waals surface area contributed by atoms with E-state index in [1.54, 1.807) is 0 Å². The Morgan fingerprint density at radius 2 is 1.59 bits per heavy atom. The Hall–Kier alpha value is -0.690. The summed E-state index contributed by atoms with van der Waals surface area (Å²) < 4.78 is 0. The van der Waals surface area contributed by atoms with E-state index in [0.29, 0.717) is 6.54 Å². The Kier molecular flexibility index (Phi) is 11.3. The predicted octanol–water partition coefficient (Wildman–Crippen LogP) is -1.05. The highest BCUT2D eigenvalue weighted by Crippen LogP contribution is 1.96. The highest BCUT2D eigenvalue weighted by molar-refractivity contribution is 5.82. The highest BCUT2D eigenvalue weighted by Gasteiger charge is 2.09. The van der Waals surface area contributed by atoms with Gasteiger partial charge < -0.3 is 27.8 Å². The summed E-state index contributed by atoms with van der Waals surface area (Å²) in [6, 6.07) is -0.0159. The first-order chi connectivity index (χ1) is 8.22. The van der Waals surface area contributed by atoms with E-state index in [-0.39, 0.29) is 11.9 Å². The molecule has 6 heteroatoms. The maximum atomic E-state index is 7.48. The largest absolute Gasteiger partial charge is 0.386 e. The second-order valence-electron chi connectivity index (χ2n) is 4.14. The highest BCUT2D eigenvalue weighted by atomic mass is 15.0. The molecule has 17 heavy (non-hydrogen) atoms. The van der Waals surface area contributed by atoms with Gasteiger partial charge in [-0.3, -0.25) is 5.41 Å². The van der Waals surface area contributed by atoms with E-state index in [4.69, 9.17) is 22.6 Å². The van der Waals surface area contributed by atoms with Gasteiger partial charge in [-0.1, -0.05) is 0 Å². The third-order valence-electron chi connectivity index (χ3n) is 2.55. The summed E-state index contributed by atoms with van der Waals surface area (Å²) in [7, 11) is 0. The standard InChI is InChI=1S/C11H28N6/c12-5-2-8-16-7-1-4-10(11(14)15)17-9-3-6-13/h10,16-17H,1-9,12-13H2,(H3,14,15). The van der Waals surface area contributed by atoms with Crippen molar-refractivity contribution in [1.29, 1.82) is 5.41 Å². The normalized spacial score (nSPS) is 12.6. The lowest BCUT2D eigenvalue weighted by molar-refractivity contribution is 0.526. The lowest BCUT2D eigenvalue weighted by atomic mass is 10.1. The molecule has 1 unspecified atom stereocenters. The molecule has 0 saturated carbocycles. The van der Waals surface area contributed by atoms with E-state index in [1.807, 2.05) is 0 Å². The van der Waals surface area contributed by atoms with Crippen molar-refractivity contribution in [2.24, 2.45) is 17.2 Å². The van der Waals surface area contributed by atoms with E-state index in [2.05, 4.69) is 10.6 Å². The maximum absolute atomic E-state index is 7.48. The fourth-order valence-corrected chi connectivity index (χ4v) is 1.53. The lowest BCUT2D eigenvalue weighted by Gasteiger charge is -2.17. The van der Waals surface area contributed by atoms with Crippen LogP contribution in [-0.4, -0.2) is 44.6 Å². The smallest absolute Gasteiger partial charge is 0.108 e. The quantitative estimate of drug-likeness (QED) is 0.148. The zero-order valence-electron chi connectivity index (χ0n) is 10.7. The summed E-state index contributed by atoms with van der Waals surface area (Å²) in [5.41, 5.74) is 16.3. The third-order valence-corrected chi connectivity index (χ3v) is 2.55. The molecule has 0 radical (unpaired) electrons. The third kappa shape index (κ3) is 10.2. The van der Waals surface area contributed by atoms with E-state index in [1.165, 1.54) is 0 Å². The maximum Gasteiger partial charge on any atom is 0.108 e. The number of nitrogens with one attached hydrogen (secondary N) is 3. The first kappa shape index (κ1) is 16.3. The van der Waals surface area contributed by atoms with Crippen LogP contribution in [0.3, 0.4) is 0 Å². The van der Waals surface area contributed by atoms with Crippen LogP contribution in [0.15, 0.2) is 0 Å². The summed E-state index contributed by atoms with van der Waals surface area (Å²) in [6.07, 6.45) is 3.81. The summed E-state index contributed by atoms with van der Waals surface area (Å²) in [5, 5.41) is 14.0. The number of rotatable bonds is 12. The molecule has 0 rings (SSSR count). The first-order valence-corrected chi connectivity index (χ1v) is 6.40. The summed E-state index contributed by atoms with van der Waals surface area (Å²) in [5.74, 6) is 0.212. The van der Waals surface area contributed by atoms with Crippen LogP contribution >= 0.6 is 0 Å². The van der Waals surface area contributed by atoms with Gasteiger partial charge in [-0.25, -0.2) is 0 Å². The Morgan fingerprint density at radius 1 is 1.00 bits per heavy atom. The molecule has 9 N–H and O–H groups in total. The van der Waals surface area contributed by atoms with Crippen molar-refractivity contribution >= 4 is 5.84 Å². The molecule has 102 valence electrons. The molecule has 0 bridgehead atoms. The predicted molar refractivity (Wildman–Crippen MR) is 73.2 cm³/mol. The van der Waals surface area contributed by atoms with Gasteiger partial charge >= 0.3 is 0 Å². The van der Waals surface area contributed by atoms with E-state index >= 15 is 0 Å². The number of amidine groups is 1. The second kappa shape index (κ2) is 11.8. The molecule has 0 saturated heterocycles. The minimum absolute atomic E-state index is 0.0159. The average Bonchev–Trinajstić information content (AvgIpc) is 2.31. The van der Waals surface area contributed by atoms with Gasteiger partial charge in [0.1, 0.15) is 5.84 Å². The van der Waals surface area contributed by atoms with E-state index in [9.17, 15) is 0 Å². The number of nitrogens with two attached hydrogens (primary N) is 3. The molecule has 0 aliphatic heterocycles. The van der Waals surface area contributed by atoms with Crippen LogP contribution < -0.4 is 27.8 Å². The van der Waals surface area contributed by atoms with Crippen LogP contribution in [0.25, 0.3) is 0 Å². The summed E-state index contributed by atoms with van der Waals surface area (Å²) in [4.78, 5) is 0. The molecule has 1 atom stereocenters. The van der Waals surface area contributed by atoms with Crippen LogP contribution in [0, 0.1) is 5.41 Å². The molecular formula is C11H28N6. The van der Waals surface area contributed by atoms with Gasteiger partial charge in [0.05, 0.1) is 6.04 Å². The molecule has 0 aliphatic rings. The van der Waals surface area contributed by atoms with Gasteiger partial charge in [-0.05, 0) is 58.4 Å². The fraction of sp³-hybridized carbons (Fsp3) is 0.909. The fourth-order valence-electron chi connectivity index (χ4n) is 1.53. The first-order valence-electron chi connectivity index (χ1n) is 6.40. The average molecular weight is 244 g/mol. The van der Waals surface area contributed by atoms with E-state index in [0.717, 1.165) is 51.9 Å². The van der Waals surface area contributed by atoms with Crippen LogP contribution in [-0.2, 0) is 0 Å². The monoisotopic (exact) mass is 244 g/mol. The molecule has 0 aromatic rings. The van der Waals surface area contributed by atoms with Crippen molar-refractivity contribution in [3.8, 4) is 0 Å². The Labute approximate surface area is 104 Å². The molecule has 0 heterocycles. The van der Waals surface area contributed by atoms with Crippen LogP contribution in [0.5, 0.6) is 0 Å². The number of hydrogen-bond acceptors (Lipinski definition) is 5. The molecular weight excluding hydrogens is 216 g/mol. The molecule has 0 spiro atoms. The van der Waals surface area contributed by atoms with Crippen molar-refractivity contribution in [3.63, 3.8) is 0 Å². The Bertz CT molecular complexity index is 185. The molecule has 0 fully saturated rings. The topological polar surface area (TPSA) is 126 Å². The minimum Gasteiger partial charge on any atom is -0.386 e. The van der Waals surface area contributed by atoms with Gasteiger partial charge in [-0.2, -0.15) is 0 Å². The minimum atomic E-state index is -0.0159. The summed E-state index contributed by atoms with van der Waals surface area (Å²) >= 11 is 0. The van der Waals surface area contributed by atoms with Gasteiger partial charge in [0.25, 0.3) is 0 Å². The van der Waals surface area contributed by atoms with Crippen molar-refractivity contribution in [2.75, 3.05) is 32.7 Å². The van der Waals surface area contributed by atoms with Gasteiger partial charge in [0, 0.05) is 0 Å². The molecule has 0 aliphatic carbocycles. The Balaban J connectivity index is 3.52. The van der Waals surface area contributed by atoms with Gasteiger partial charge in [0.2, 0.25) is 0 Å². The van der Waals surface area contributed by atoms with Crippen LogP contribution in [0.2, 0.25) is 0 Å². The van der Waals surface area contributed by atoms with Gasteiger partial charge in [0.15, 0.2) is 0 Å². The van der Waals surface area contributed by atoms with E-state index < -0.39 is 0 Å². The zero-order valence-corrected chi connectivity index (χ0v) is 10.7. The van der Waals surface area contributed by atoms with Gasteiger partial charge in [-0.15, -0.1) is 0 Å². The molecule has 6 nitrogen and oxygen atoms in total. The summed E-state index contributed by atoms with van der Waals surface area (Å²) in [6.45, 7) is 4.12. The van der Waals surface area contributed by atoms with Crippen LogP contribution in [0.1, 0.15) is 25.7 Å². The SMILES string of the molecule is N=C(N)C(CCCNCCCN)NCCCN. The van der Waals surface area contributed by atoms with Crippen molar-refractivity contribution in [2.45, 2.75) is 31.7 Å². The molecule has 0 amide bonds. The Morgan fingerprint density at radius 3 is 2.18 bits per heavy atom. The lowest BCUT2D eigenvalue weighted by Crippen LogP contribution is -2.42. The molecule has 0 aromatic heterocycles. The number of hydrogen-bond donors (Lipinski definition) is 6. The van der Waals surface area contributed by atoms with Crippen molar-refractivity contribution in [3.05, 3.63) is 0 Å². The second-order valence-corrected chi connectivity index (χ2v) is 4.14.